The molecule has 0 N–H and O–H groups in total. The lowest BCUT2D eigenvalue weighted by atomic mass is 9.97. The van der Waals surface area contributed by atoms with Crippen LogP contribution in [0.25, 0.3) is 170 Å². The summed E-state index contributed by atoms with van der Waals surface area (Å²) in [6.07, 6.45) is 0. The van der Waals surface area contributed by atoms with Crippen LogP contribution in [0.1, 0.15) is 0 Å². The first-order valence-electron chi connectivity index (χ1n) is 29.8. The lowest BCUT2D eigenvalue weighted by Crippen LogP contribution is -2.00. The molecule has 0 saturated carbocycles. The van der Waals surface area contributed by atoms with Crippen molar-refractivity contribution in [2.75, 3.05) is 0 Å². The number of fused-ring (bicyclic) bond motifs is 12. The summed E-state index contributed by atoms with van der Waals surface area (Å²) in [5.41, 5.74) is 20.3. The summed E-state index contributed by atoms with van der Waals surface area (Å²) in [7, 11) is 0. The predicted octanol–water partition coefficient (Wildman–Crippen LogP) is 21.5. The van der Waals surface area contributed by atoms with Crippen LogP contribution >= 0.6 is 11.3 Å². The monoisotopic (exact) mass is 1140 g/mol. The van der Waals surface area contributed by atoms with Crippen molar-refractivity contribution < 1.29 is 0 Å². The molecule has 0 atom stereocenters. The molecule has 88 heavy (non-hydrogen) atoms. The van der Waals surface area contributed by atoms with Gasteiger partial charge in [0.25, 0.3) is 0 Å². The second-order valence-corrected chi connectivity index (χ2v) is 23.7. The van der Waals surface area contributed by atoms with Crippen molar-refractivity contribution in [3.63, 3.8) is 0 Å². The van der Waals surface area contributed by atoms with E-state index in [-0.39, 0.29) is 0 Å². The second kappa shape index (κ2) is 20.1. The van der Waals surface area contributed by atoms with Gasteiger partial charge in [0.2, 0.25) is 0 Å². The Hall–Kier alpha value is -11.5. The Morgan fingerprint density at radius 2 is 0.614 bits per heavy atom. The molecule has 0 radical (unpaired) electrons. The maximum absolute atomic E-state index is 5.12. The highest BCUT2D eigenvalue weighted by molar-refractivity contribution is 7.26. The molecule has 6 nitrogen and oxygen atoms in total. The fourth-order valence-corrected chi connectivity index (χ4v) is 15.0. The highest BCUT2D eigenvalue weighted by Gasteiger charge is 2.24. The van der Waals surface area contributed by atoms with Crippen molar-refractivity contribution in [3.8, 4) is 84.6 Å². The van der Waals surface area contributed by atoms with Gasteiger partial charge in [0, 0.05) is 65.5 Å². The number of nitrogens with zero attached hydrogens (tertiary/aromatic N) is 6. The molecule has 410 valence electrons. The number of thiophene rings is 1. The van der Waals surface area contributed by atoms with E-state index < -0.39 is 0 Å². The van der Waals surface area contributed by atoms with Gasteiger partial charge in [-0.25, -0.2) is 15.0 Å². The van der Waals surface area contributed by atoms with E-state index in [4.69, 9.17) is 15.0 Å². The molecule has 0 amide bonds. The zero-order valence-electron chi connectivity index (χ0n) is 47.5. The highest BCUT2D eigenvalue weighted by atomic mass is 32.1. The Labute approximate surface area is 510 Å². The summed E-state index contributed by atoms with van der Waals surface area (Å²) in [5, 5.41) is 9.75. The topological polar surface area (TPSA) is 53.5 Å². The lowest BCUT2D eigenvalue weighted by molar-refractivity contribution is 1.07. The average molecular weight is 1140 g/mol. The molecule has 0 aliphatic heterocycles. The first-order valence-corrected chi connectivity index (χ1v) is 30.6. The van der Waals surface area contributed by atoms with Crippen LogP contribution in [0.5, 0.6) is 0 Å². The summed E-state index contributed by atoms with van der Waals surface area (Å²) in [5.74, 6) is 1.90. The standard InChI is InChI=1S/C81H50N6S/c1-5-21-51(22-6-1)54-41-45-71-66(48-54)67-50-56(55-42-44-70-65(49-55)61-31-13-15-36-68(61)85(70)59-29-11-4-12-30-59)43-46-72(67)86(71)74-39-19-34-62-63-35-20-40-75(78(63)88-77(62)74)87-69-37-16-14-32-64(69)76-60(33-18-38-73(76)87)57-27-17-28-58(47-57)81-83-79(52-23-7-2-8-24-52)82-80(84-81)53-25-9-3-10-26-53/h1-50H. The highest BCUT2D eigenvalue weighted by Crippen LogP contribution is 2.47. The zero-order chi connectivity index (χ0) is 57.8. The van der Waals surface area contributed by atoms with Gasteiger partial charge in [-0.05, 0) is 118 Å². The van der Waals surface area contributed by atoms with Crippen LogP contribution in [0.2, 0.25) is 0 Å². The predicted molar refractivity (Wildman–Crippen MR) is 368 cm³/mol. The normalized spacial score (nSPS) is 11.9. The first-order chi connectivity index (χ1) is 43.6. The number of aromatic nitrogens is 6. The minimum absolute atomic E-state index is 0.625. The van der Waals surface area contributed by atoms with Crippen LogP contribution in [0.15, 0.2) is 303 Å². The fraction of sp³-hybridized carbons (Fsp3) is 0. The summed E-state index contributed by atoms with van der Waals surface area (Å²) in [4.78, 5) is 15.2. The van der Waals surface area contributed by atoms with Crippen molar-refractivity contribution in [2.24, 2.45) is 0 Å². The molecule has 13 aromatic carbocycles. The van der Waals surface area contributed by atoms with Crippen molar-refractivity contribution in [1.29, 1.82) is 0 Å². The van der Waals surface area contributed by atoms with Gasteiger partial charge in [-0.1, -0.05) is 218 Å². The molecule has 0 aliphatic rings. The van der Waals surface area contributed by atoms with Crippen molar-refractivity contribution in [2.45, 2.75) is 0 Å². The van der Waals surface area contributed by atoms with Gasteiger partial charge < -0.3 is 13.7 Å². The molecule has 0 bridgehead atoms. The summed E-state index contributed by atoms with van der Waals surface area (Å²) < 4.78 is 9.86. The Balaban J connectivity index is 0.794. The Bertz CT molecular complexity index is 5740. The molecule has 0 spiro atoms. The summed E-state index contributed by atoms with van der Waals surface area (Å²) in [6.45, 7) is 0. The molecule has 5 heterocycles. The minimum atomic E-state index is 0.625. The van der Waals surface area contributed by atoms with E-state index in [2.05, 4.69) is 281 Å². The molecule has 7 heteroatoms. The maximum Gasteiger partial charge on any atom is 0.164 e. The average Bonchev–Trinajstić information content (AvgIpc) is 1.62. The molecular formula is C81H50N6S. The molecule has 0 unspecified atom stereocenters. The number of rotatable bonds is 9. The third-order valence-electron chi connectivity index (χ3n) is 17.7. The van der Waals surface area contributed by atoms with E-state index in [1.54, 1.807) is 0 Å². The lowest BCUT2D eigenvalue weighted by Gasteiger charge is -2.11. The van der Waals surface area contributed by atoms with Crippen molar-refractivity contribution in [3.05, 3.63) is 303 Å². The van der Waals surface area contributed by atoms with Crippen molar-refractivity contribution >= 4 is 96.9 Å². The van der Waals surface area contributed by atoms with Crippen molar-refractivity contribution in [1.82, 2.24) is 28.7 Å². The molecule has 0 aliphatic carbocycles. The van der Waals surface area contributed by atoms with E-state index in [0.29, 0.717) is 17.5 Å². The summed E-state index contributed by atoms with van der Waals surface area (Å²) in [6, 6.07) is 110. The number of hydrogen-bond acceptors (Lipinski definition) is 4. The SMILES string of the molecule is c1ccc(-c2ccc3c(c2)c2cc(-c4ccc5c(c4)c4ccccc4n5-c4ccccc4)ccc2n3-c2cccc3c2sc2c(-n4c5ccccc5c5c(-c6cccc(-c7nc(-c8ccccc8)nc(-c8ccccc8)n7)c6)cccc54)cccc23)cc1. The Kier molecular flexibility index (Phi) is 11.4. The van der Waals surface area contributed by atoms with E-state index in [0.717, 1.165) is 55.9 Å². The molecular weight excluding hydrogens is 1090 g/mol. The van der Waals surface area contributed by atoms with Gasteiger partial charge in [-0.2, -0.15) is 0 Å². The van der Waals surface area contributed by atoms with Gasteiger partial charge in [0.05, 0.1) is 53.9 Å². The fourth-order valence-electron chi connectivity index (χ4n) is 13.7. The number of para-hydroxylation sites is 3. The van der Waals surface area contributed by atoms with E-state index in [9.17, 15) is 0 Å². The van der Waals surface area contributed by atoms with Gasteiger partial charge in [0.1, 0.15) is 0 Å². The molecule has 18 aromatic rings. The largest absolute Gasteiger partial charge is 0.309 e. The smallest absolute Gasteiger partial charge is 0.164 e. The Morgan fingerprint density at radius 3 is 1.20 bits per heavy atom. The van der Waals surface area contributed by atoms with Gasteiger partial charge in [0.15, 0.2) is 17.5 Å². The van der Waals surface area contributed by atoms with E-state index >= 15 is 0 Å². The van der Waals surface area contributed by atoms with Crippen LogP contribution in [0.3, 0.4) is 0 Å². The van der Waals surface area contributed by atoms with Gasteiger partial charge in [-0.15, -0.1) is 11.3 Å². The summed E-state index contributed by atoms with van der Waals surface area (Å²) >= 11 is 1.88. The Morgan fingerprint density at radius 1 is 0.227 bits per heavy atom. The molecule has 5 aromatic heterocycles. The van der Waals surface area contributed by atoms with Crippen LogP contribution in [0.4, 0.5) is 0 Å². The molecule has 0 saturated heterocycles. The number of benzene rings is 13. The molecule has 0 fully saturated rings. The van der Waals surface area contributed by atoms with Gasteiger partial charge >= 0.3 is 0 Å². The number of hydrogen-bond donors (Lipinski definition) is 0. The second-order valence-electron chi connectivity index (χ2n) is 22.7. The van der Waals surface area contributed by atoms with Crippen LogP contribution < -0.4 is 0 Å². The quantitative estimate of drug-likeness (QED) is 0.145. The third kappa shape index (κ3) is 7.91. The van der Waals surface area contributed by atoms with Gasteiger partial charge in [-0.3, -0.25) is 0 Å². The van der Waals surface area contributed by atoms with Crippen LogP contribution in [-0.4, -0.2) is 28.7 Å². The first kappa shape index (κ1) is 49.9. The van der Waals surface area contributed by atoms with E-state index in [1.807, 2.05) is 47.7 Å². The van der Waals surface area contributed by atoms with Crippen LogP contribution in [0, 0.1) is 0 Å². The third-order valence-corrected chi connectivity index (χ3v) is 19.0. The van der Waals surface area contributed by atoms with E-state index in [1.165, 1.54) is 96.8 Å². The van der Waals surface area contributed by atoms with Crippen LogP contribution in [-0.2, 0) is 0 Å². The zero-order valence-corrected chi connectivity index (χ0v) is 48.3. The molecule has 18 rings (SSSR count). The minimum Gasteiger partial charge on any atom is -0.309 e. The maximum atomic E-state index is 5.12.